The SMILES string of the molecule is CN1CCc2[nH]c3c(Br)ccc(OCc4ccccc4)c3c2CC1.CN1CCc2[nH]c3c(OCc4ccccc4)cccc3c2CC1. The highest BCUT2D eigenvalue weighted by molar-refractivity contribution is 9.10. The zero-order valence-electron chi connectivity index (χ0n) is 27.3. The van der Waals surface area contributed by atoms with E-state index in [0.717, 1.165) is 78.9 Å². The fourth-order valence-corrected chi connectivity index (χ4v) is 7.22. The molecule has 0 radical (unpaired) electrons. The minimum absolute atomic E-state index is 0.595. The molecular formula is C40H43BrN4O2. The second-order valence-electron chi connectivity index (χ2n) is 12.8. The molecule has 4 aromatic carbocycles. The molecule has 242 valence electrons. The Morgan fingerprint density at radius 1 is 0.574 bits per heavy atom. The fourth-order valence-electron chi connectivity index (χ4n) is 6.79. The number of halogens is 1. The Morgan fingerprint density at radius 2 is 1.13 bits per heavy atom. The van der Waals surface area contributed by atoms with Gasteiger partial charge in [0.2, 0.25) is 0 Å². The highest BCUT2D eigenvalue weighted by Crippen LogP contribution is 2.38. The van der Waals surface area contributed by atoms with Crippen molar-refractivity contribution in [2.24, 2.45) is 0 Å². The monoisotopic (exact) mass is 690 g/mol. The van der Waals surface area contributed by atoms with Crippen molar-refractivity contribution in [2.75, 3.05) is 40.3 Å². The standard InChI is InChI=1S/C20H21BrN2O.C20H22N2O/c1-23-11-9-15-17(10-12-23)22-20-16(21)7-8-18(19(15)20)24-13-14-5-3-2-4-6-14;1-22-12-10-16-17-8-5-9-19(20(17)21-18(16)11-13-22)23-14-15-6-3-2-4-7-15/h2-8,22H,9-13H2,1H3;2-9,21H,10-14H2,1H3. The average Bonchev–Trinajstić information content (AvgIpc) is 3.53. The first kappa shape index (κ1) is 31.6. The summed E-state index contributed by atoms with van der Waals surface area (Å²) < 4.78 is 13.4. The van der Waals surface area contributed by atoms with Gasteiger partial charge < -0.3 is 29.2 Å². The molecule has 0 saturated heterocycles. The quantitative estimate of drug-likeness (QED) is 0.185. The molecule has 0 atom stereocenters. The summed E-state index contributed by atoms with van der Waals surface area (Å²) in [6, 6.07) is 31.2. The van der Waals surface area contributed by atoms with E-state index < -0.39 is 0 Å². The molecular weight excluding hydrogens is 648 g/mol. The van der Waals surface area contributed by atoms with Crippen LogP contribution in [0.5, 0.6) is 11.5 Å². The van der Waals surface area contributed by atoms with Crippen molar-refractivity contribution in [3.05, 3.63) is 129 Å². The van der Waals surface area contributed by atoms with E-state index >= 15 is 0 Å². The molecule has 0 bridgehead atoms. The van der Waals surface area contributed by atoms with Crippen molar-refractivity contribution in [3.63, 3.8) is 0 Å². The summed E-state index contributed by atoms with van der Waals surface area (Å²) in [5.74, 6) is 1.92. The molecule has 0 amide bonds. The predicted molar refractivity (Wildman–Crippen MR) is 196 cm³/mol. The van der Waals surface area contributed by atoms with E-state index in [1.165, 1.54) is 44.4 Å². The molecule has 0 fully saturated rings. The van der Waals surface area contributed by atoms with Gasteiger partial charge in [-0.15, -0.1) is 0 Å². The molecule has 6 aromatic rings. The van der Waals surface area contributed by atoms with Gasteiger partial charge in [-0.25, -0.2) is 0 Å². The second-order valence-corrected chi connectivity index (χ2v) is 13.6. The van der Waals surface area contributed by atoms with E-state index in [1.54, 1.807) is 0 Å². The topological polar surface area (TPSA) is 56.5 Å². The first-order chi connectivity index (χ1) is 23.0. The third-order valence-corrected chi connectivity index (χ3v) is 10.2. The van der Waals surface area contributed by atoms with E-state index in [2.05, 4.69) is 104 Å². The number of nitrogens with zero attached hydrogens (tertiary/aromatic N) is 2. The smallest absolute Gasteiger partial charge is 0.143 e. The maximum Gasteiger partial charge on any atom is 0.143 e. The van der Waals surface area contributed by atoms with Gasteiger partial charge in [-0.1, -0.05) is 72.8 Å². The Kier molecular flexibility index (Phi) is 9.66. The third-order valence-electron chi connectivity index (χ3n) is 9.50. The Morgan fingerprint density at radius 3 is 1.79 bits per heavy atom. The lowest BCUT2D eigenvalue weighted by atomic mass is 10.1. The zero-order valence-corrected chi connectivity index (χ0v) is 28.9. The first-order valence-electron chi connectivity index (χ1n) is 16.7. The zero-order chi connectivity index (χ0) is 32.2. The molecule has 0 aliphatic carbocycles. The maximum atomic E-state index is 6.20. The predicted octanol–water partition coefficient (Wildman–Crippen LogP) is 8.32. The van der Waals surface area contributed by atoms with Gasteiger partial charge in [0, 0.05) is 65.7 Å². The highest BCUT2D eigenvalue weighted by atomic mass is 79.9. The van der Waals surface area contributed by atoms with Crippen LogP contribution in [-0.4, -0.2) is 60.0 Å². The molecule has 2 N–H and O–H groups in total. The van der Waals surface area contributed by atoms with Crippen LogP contribution in [0.2, 0.25) is 0 Å². The number of hydrogen-bond acceptors (Lipinski definition) is 4. The number of nitrogens with one attached hydrogen (secondary N) is 2. The van der Waals surface area contributed by atoms with Gasteiger partial charge in [-0.2, -0.15) is 0 Å². The van der Waals surface area contributed by atoms with Crippen molar-refractivity contribution >= 4 is 37.7 Å². The van der Waals surface area contributed by atoms with Crippen LogP contribution in [0.4, 0.5) is 0 Å². The van der Waals surface area contributed by atoms with Crippen LogP contribution in [0.25, 0.3) is 21.8 Å². The van der Waals surface area contributed by atoms with E-state index in [-0.39, 0.29) is 0 Å². The van der Waals surface area contributed by atoms with E-state index in [9.17, 15) is 0 Å². The average molecular weight is 692 g/mol. The number of rotatable bonds is 6. The molecule has 0 saturated carbocycles. The molecule has 2 aliphatic heterocycles. The molecule has 2 aromatic heterocycles. The minimum atomic E-state index is 0.595. The molecule has 47 heavy (non-hydrogen) atoms. The number of benzene rings is 4. The van der Waals surface area contributed by atoms with Crippen LogP contribution in [0.15, 0.2) is 95.5 Å². The van der Waals surface area contributed by atoms with Gasteiger partial charge in [0.15, 0.2) is 0 Å². The second kappa shape index (κ2) is 14.4. The molecule has 8 rings (SSSR count). The number of hydrogen-bond donors (Lipinski definition) is 2. The number of para-hydroxylation sites is 1. The lowest BCUT2D eigenvalue weighted by Crippen LogP contribution is -2.21. The molecule has 7 heteroatoms. The molecule has 6 nitrogen and oxygen atoms in total. The van der Waals surface area contributed by atoms with Crippen LogP contribution in [0.1, 0.15) is 33.6 Å². The Hall–Kier alpha value is -4.04. The lowest BCUT2D eigenvalue weighted by Gasteiger charge is -2.13. The molecule has 0 spiro atoms. The lowest BCUT2D eigenvalue weighted by molar-refractivity contribution is 0.309. The van der Waals surface area contributed by atoms with Gasteiger partial charge in [-0.05, 0) is 83.3 Å². The van der Waals surface area contributed by atoms with Gasteiger partial charge in [0.25, 0.3) is 0 Å². The summed E-state index contributed by atoms with van der Waals surface area (Å²) in [4.78, 5) is 12.0. The van der Waals surface area contributed by atoms with Crippen LogP contribution in [0.3, 0.4) is 0 Å². The first-order valence-corrected chi connectivity index (χ1v) is 17.5. The summed E-state index contributed by atoms with van der Waals surface area (Å²) in [5, 5.41) is 2.56. The number of fused-ring (bicyclic) bond motifs is 6. The minimum Gasteiger partial charge on any atom is -0.488 e. The van der Waals surface area contributed by atoms with Gasteiger partial charge in [0.1, 0.15) is 24.7 Å². The van der Waals surface area contributed by atoms with Crippen molar-refractivity contribution in [2.45, 2.75) is 38.9 Å². The Balaban J connectivity index is 0.000000150. The van der Waals surface area contributed by atoms with Crippen LogP contribution >= 0.6 is 15.9 Å². The summed E-state index contributed by atoms with van der Waals surface area (Å²) >= 11 is 3.69. The Labute approximate surface area is 285 Å². The summed E-state index contributed by atoms with van der Waals surface area (Å²) in [5.41, 5.74) is 10.3. The van der Waals surface area contributed by atoms with E-state index in [4.69, 9.17) is 9.47 Å². The van der Waals surface area contributed by atoms with Gasteiger partial charge >= 0.3 is 0 Å². The maximum absolute atomic E-state index is 6.20. The summed E-state index contributed by atoms with van der Waals surface area (Å²) in [6.45, 7) is 5.61. The van der Waals surface area contributed by atoms with E-state index in [0.29, 0.717) is 13.2 Å². The molecule has 0 unspecified atom stereocenters. The van der Waals surface area contributed by atoms with Crippen LogP contribution in [-0.2, 0) is 38.9 Å². The van der Waals surface area contributed by atoms with Crippen molar-refractivity contribution in [1.82, 2.24) is 19.8 Å². The van der Waals surface area contributed by atoms with Crippen molar-refractivity contribution < 1.29 is 9.47 Å². The number of H-pyrrole nitrogens is 2. The summed E-state index contributed by atoms with van der Waals surface area (Å²) in [6.07, 6.45) is 4.31. The summed E-state index contributed by atoms with van der Waals surface area (Å²) in [7, 11) is 4.39. The molecule has 4 heterocycles. The van der Waals surface area contributed by atoms with Crippen LogP contribution < -0.4 is 9.47 Å². The number of ether oxygens (including phenoxy) is 2. The van der Waals surface area contributed by atoms with Gasteiger partial charge in [0.05, 0.1) is 11.0 Å². The largest absolute Gasteiger partial charge is 0.488 e. The Bertz CT molecular complexity index is 1950. The number of aromatic nitrogens is 2. The number of aromatic amines is 2. The van der Waals surface area contributed by atoms with Crippen molar-refractivity contribution in [3.8, 4) is 11.5 Å². The molecule has 2 aliphatic rings. The van der Waals surface area contributed by atoms with E-state index in [1.807, 2.05) is 36.4 Å². The highest BCUT2D eigenvalue weighted by Gasteiger charge is 2.21. The van der Waals surface area contributed by atoms with Crippen LogP contribution in [0, 0.1) is 0 Å². The van der Waals surface area contributed by atoms with Gasteiger partial charge in [-0.3, -0.25) is 0 Å². The number of likely N-dealkylation sites (N-methyl/N-ethyl adjacent to an activating group) is 2. The van der Waals surface area contributed by atoms with Crippen molar-refractivity contribution in [1.29, 1.82) is 0 Å². The third kappa shape index (κ3) is 7.13. The normalized spacial score (nSPS) is 15.3. The fraction of sp³-hybridized carbons (Fsp3) is 0.300.